The van der Waals surface area contributed by atoms with Gasteiger partial charge in [0, 0.05) is 6.54 Å². The summed E-state index contributed by atoms with van der Waals surface area (Å²) >= 11 is 7.19. The second-order valence-electron chi connectivity index (χ2n) is 3.07. The summed E-state index contributed by atoms with van der Waals surface area (Å²) in [5.41, 5.74) is 0. The van der Waals surface area contributed by atoms with Gasteiger partial charge in [-0.15, -0.1) is 11.3 Å². The maximum atomic E-state index is 10.4. The van der Waals surface area contributed by atoms with E-state index >= 15 is 0 Å². The van der Waals surface area contributed by atoms with Crippen molar-refractivity contribution in [2.45, 2.75) is 19.9 Å². The molecule has 0 aliphatic heterocycles. The van der Waals surface area contributed by atoms with E-state index in [1.165, 1.54) is 11.3 Å². The van der Waals surface area contributed by atoms with Crippen molar-refractivity contribution in [2.75, 3.05) is 13.1 Å². The van der Waals surface area contributed by atoms with Crippen molar-refractivity contribution in [3.63, 3.8) is 0 Å². The fraction of sp³-hybridized carbons (Fsp3) is 0.556. The Kier molecular flexibility index (Phi) is 5.01. The van der Waals surface area contributed by atoms with E-state index in [1.807, 2.05) is 11.8 Å². The van der Waals surface area contributed by atoms with E-state index < -0.39 is 5.97 Å². The van der Waals surface area contributed by atoms with E-state index in [2.05, 4.69) is 4.98 Å². The second-order valence-corrected chi connectivity index (χ2v) is 4.82. The first-order valence-electron chi connectivity index (χ1n) is 4.66. The van der Waals surface area contributed by atoms with Gasteiger partial charge in [-0.05, 0) is 6.54 Å². The Bertz CT molecular complexity index is 330. The Morgan fingerprint density at radius 3 is 2.93 bits per heavy atom. The van der Waals surface area contributed by atoms with Crippen LogP contribution in [0.25, 0.3) is 0 Å². The number of thiazole rings is 1. The topological polar surface area (TPSA) is 53.4 Å². The minimum Gasteiger partial charge on any atom is -0.481 e. The van der Waals surface area contributed by atoms with Gasteiger partial charge in [-0.3, -0.25) is 9.69 Å². The third-order valence-electron chi connectivity index (χ3n) is 1.97. The maximum absolute atomic E-state index is 10.4. The molecular formula is C9H13ClN2O2S. The van der Waals surface area contributed by atoms with Crippen molar-refractivity contribution in [1.82, 2.24) is 9.88 Å². The molecular weight excluding hydrogens is 236 g/mol. The summed E-state index contributed by atoms with van der Waals surface area (Å²) in [7, 11) is 0. The van der Waals surface area contributed by atoms with Crippen molar-refractivity contribution in [3.8, 4) is 0 Å². The van der Waals surface area contributed by atoms with Gasteiger partial charge >= 0.3 is 5.97 Å². The molecule has 0 aliphatic carbocycles. The quantitative estimate of drug-likeness (QED) is 0.838. The van der Waals surface area contributed by atoms with Crippen LogP contribution in [0.2, 0.25) is 4.34 Å². The van der Waals surface area contributed by atoms with Gasteiger partial charge in [0.05, 0.1) is 19.2 Å². The largest absolute Gasteiger partial charge is 0.481 e. The predicted molar refractivity (Wildman–Crippen MR) is 60.3 cm³/mol. The molecule has 0 aromatic carbocycles. The zero-order valence-electron chi connectivity index (χ0n) is 8.44. The first-order valence-corrected chi connectivity index (χ1v) is 5.85. The van der Waals surface area contributed by atoms with Crippen molar-refractivity contribution in [3.05, 3.63) is 15.5 Å². The first kappa shape index (κ1) is 12.4. The fourth-order valence-electron chi connectivity index (χ4n) is 1.16. The van der Waals surface area contributed by atoms with Crippen LogP contribution < -0.4 is 0 Å². The van der Waals surface area contributed by atoms with Crippen LogP contribution in [0.3, 0.4) is 0 Å². The highest BCUT2D eigenvalue weighted by molar-refractivity contribution is 7.15. The molecule has 1 aromatic rings. The molecule has 1 aromatic heterocycles. The van der Waals surface area contributed by atoms with Gasteiger partial charge in [0.1, 0.15) is 9.34 Å². The molecule has 0 unspecified atom stereocenters. The van der Waals surface area contributed by atoms with Gasteiger partial charge < -0.3 is 5.11 Å². The smallest absolute Gasteiger partial charge is 0.304 e. The van der Waals surface area contributed by atoms with Crippen LogP contribution in [0.1, 0.15) is 18.4 Å². The van der Waals surface area contributed by atoms with E-state index in [4.69, 9.17) is 16.7 Å². The van der Waals surface area contributed by atoms with E-state index in [1.54, 1.807) is 6.20 Å². The molecule has 15 heavy (non-hydrogen) atoms. The Morgan fingerprint density at radius 2 is 2.47 bits per heavy atom. The van der Waals surface area contributed by atoms with Gasteiger partial charge in [0.25, 0.3) is 0 Å². The lowest BCUT2D eigenvalue weighted by Gasteiger charge is -2.17. The molecule has 4 nitrogen and oxygen atoms in total. The molecule has 0 saturated heterocycles. The predicted octanol–water partition coefficient (Wildman–Crippen LogP) is 2.09. The lowest BCUT2D eigenvalue weighted by Crippen LogP contribution is -2.25. The number of nitrogens with zero attached hydrogens (tertiary/aromatic N) is 2. The number of hydrogen-bond acceptors (Lipinski definition) is 4. The molecule has 0 spiro atoms. The summed E-state index contributed by atoms with van der Waals surface area (Å²) in [5.74, 6) is -0.773. The molecule has 0 radical (unpaired) electrons. The Morgan fingerprint density at radius 1 is 1.73 bits per heavy atom. The number of halogens is 1. The van der Waals surface area contributed by atoms with Crippen molar-refractivity contribution in [2.24, 2.45) is 0 Å². The number of carboxylic acids is 1. The Labute approximate surface area is 97.5 Å². The van der Waals surface area contributed by atoms with Crippen molar-refractivity contribution >= 4 is 28.9 Å². The van der Waals surface area contributed by atoms with Crippen LogP contribution in [0.4, 0.5) is 0 Å². The summed E-state index contributed by atoms with van der Waals surface area (Å²) in [6.07, 6.45) is 1.78. The van der Waals surface area contributed by atoms with Gasteiger partial charge in [0.15, 0.2) is 0 Å². The van der Waals surface area contributed by atoms with E-state index in [-0.39, 0.29) is 6.42 Å². The van der Waals surface area contributed by atoms with Crippen LogP contribution in [-0.2, 0) is 11.3 Å². The maximum Gasteiger partial charge on any atom is 0.304 e. The van der Waals surface area contributed by atoms with Crippen LogP contribution in [0.15, 0.2) is 6.20 Å². The van der Waals surface area contributed by atoms with Crippen LogP contribution in [0, 0.1) is 0 Å². The summed E-state index contributed by atoms with van der Waals surface area (Å²) in [6.45, 7) is 4.02. The molecule has 0 aliphatic rings. The third-order valence-corrected chi connectivity index (χ3v) is 3.07. The SMILES string of the molecule is CCN(CCC(=O)O)Cc1ncc(Cl)s1. The molecule has 0 amide bonds. The van der Waals surface area contributed by atoms with E-state index in [0.717, 1.165) is 11.6 Å². The first-order chi connectivity index (χ1) is 7.11. The van der Waals surface area contributed by atoms with Gasteiger partial charge in [0.2, 0.25) is 0 Å². The molecule has 1 heterocycles. The highest BCUT2D eigenvalue weighted by Crippen LogP contribution is 2.19. The number of aliphatic carboxylic acids is 1. The normalized spacial score (nSPS) is 10.9. The van der Waals surface area contributed by atoms with Crippen LogP contribution in [0.5, 0.6) is 0 Å². The number of carbonyl (C=O) groups is 1. The number of rotatable bonds is 6. The van der Waals surface area contributed by atoms with E-state index in [9.17, 15) is 4.79 Å². The summed E-state index contributed by atoms with van der Waals surface area (Å²) in [6, 6.07) is 0. The van der Waals surface area contributed by atoms with Crippen molar-refractivity contribution < 1.29 is 9.90 Å². The highest BCUT2D eigenvalue weighted by Gasteiger charge is 2.08. The second kappa shape index (κ2) is 6.05. The molecule has 0 bridgehead atoms. The molecule has 1 N–H and O–H groups in total. The molecule has 0 atom stereocenters. The molecule has 6 heteroatoms. The summed E-state index contributed by atoms with van der Waals surface area (Å²) < 4.78 is 0.666. The number of carboxylic acid groups (broad SMARTS) is 1. The van der Waals surface area contributed by atoms with Gasteiger partial charge in [-0.2, -0.15) is 0 Å². The summed E-state index contributed by atoms with van der Waals surface area (Å²) in [4.78, 5) is 16.6. The monoisotopic (exact) mass is 248 g/mol. The molecule has 0 fully saturated rings. The average Bonchev–Trinajstić information content (AvgIpc) is 2.58. The Hall–Kier alpha value is -0.650. The van der Waals surface area contributed by atoms with Gasteiger partial charge in [-0.1, -0.05) is 18.5 Å². The lowest BCUT2D eigenvalue weighted by atomic mass is 10.4. The average molecular weight is 249 g/mol. The van der Waals surface area contributed by atoms with Crippen LogP contribution >= 0.6 is 22.9 Å². The molecule has 0 saturated carbocycles. The summed E-state index contributed by atoms with van der Waals surface area (Å²) in [5, 5.41) is 9.49. The van der Waals surface area contributed by atoms with E-state index in [0.29, 0.717) is 17.4 Å². The standard InChI is InChI=1S/C9H13ClN2O2S/c1-2-12(4-3-9(13)14)6-8-11-5-7(10)15-8/h5H,2-4,6H2,1H3,(H,13,14). The number of hydrogen-bond donors (Lipinski definition) is 1. The minimum absolute atomic E-state index is 0.160. The lowest BCUT2D eigenvalue weighted by molar-refractivity contribution is -0.137. The molecule has 1 rings (SSSR count). The van der Waals surface area contributed by atoms with Crippen molar-refractivity contribution in [1.29, 1.82) is 0 Å². The highest BCUT2D eigenvalue weighted by atomic mass is 35.5. The zero-order valence-corrected chi connectivity index (χ0v) is 10.0. The number of aromatic nitrogens is 1. The fourth-order valence-corrected chi connectivity index (χ4v) is 2.15. The minimum atomic E-state index is -0.773. The van der Waals surface area contributed by atoms with Crippen LogP contribution in [-0.4, -0.2) is 34.0 Å². The Balaban J connectivity index is 2.42. The van der Waals surface area contributed by atoms with Gasteiger partial charge in [-0.25, -0.2) is 4.98 Å². The third kappa shape index (κ3) is 4.59. The zero-order chi connectivity index (χ0) is 11.3. The molecule has 84 valence electrons.